The molecule has 0 bridgehead atoms. The molecule has 1 unspecified atom stereocenters. The van der Waals surface area contributed by atoms with E-state index in [-0.39, 0.29) is 6.04 Å². The average Bonchev–Trinajstić information content (AvgIpc) is 2.49. The van der Waals surface area contributed by atoms with Crippen LogP contribution in [0.3, 0.4) is 0 Å². The number of guanidine groups is 1. The Morgan fingerprint density at radius 3 is 2.62 bits per heavy atom. The summed E-state index contributed by atoms with van der Waals surface area (Å²) in [5.41, 5.74) is 6.91. The molecule has 0 aliphatic carbocycles. The first-order valence-electron chi connectivity index (χ1n) is 4.37. The average molecular weight is 175 g/mol. The van der Waals surface area contributed by atoms with E-state index < -0.39 is 0 Å². The lowest BCUT2D eigenvalue weighted by molar-refractivity contribution is 0.504. The minimum absolute atomic E-state index is 0.214. The molecule has 1 aromatic rings. The fourth-order valence-corrected chi connectivity index (χ4v) is 1.51. The Hall–Kier alpha value is -1.51. The predicted octanol–water partition coefficient (Wildman–Crippen LogP) is 0.988. The maximum atomic E-state index is 5.68. The predicted molar refractivity (Wildman–Crippen MR) is 53.4 cm³/mol. The van der Waals surface area contributed by atoms with Crippen molar-refractivity contribution in [2.24, 2.45) is 10.7 Å². The third-order valence-electron chi connectivity index (χ3n) is 2.31. The first-order chi connectivity index (χ1) is 6.27. The van der Waals surface area contributed by atoms with Crippen LogP contribution in [0.5, 0.6) is 0 Å². The van der Waals surface area contributed by atoms with Crippen molar-refractivity contribution < 1.29 is 0 Å². The molecule has 0 radical (unpaired) electrons. The van der Waals surface area contributed by atoms with Crippen LogP contribution in [-0.2, 0) is 0 Å². The van der Waals surface area contributed by atoms with E-state index in [1.54, 1.807) is 0 Å². The molecule has 68 valence electrons. The van der Waals surface area contributed by atoms with E-state index in [0.717, 1.165) is 6.54 Å². The molecule has 1 aliphatic heterocycles. The van der Waals surface area contributed by atoms with Crippen molar-refractivity contribution in [3.05, 3.63) is 35.9 Å². The molecule has 0 aromatic heterocycles. The number of hydrogen-bond donors (Lipinski definition) is 1. The van der Waals surface area contributed by atoms with Crippen molar-refractivity contribution in [1.29, 1.82) is 0 Å². The van der Waals surface area contributed by atoms with Crippen LogP contribution in [0, 0.1) is 0 Å². The molecule has 2 rings (SSSR count). The van der Waals surface area contributed by atoms with Gasteiger partial charge in [-0.3, -0.25) is 0 Å². The van der Waals surface area contributed by atoms with Gasteiger partial charge in [0.25, 0.3) is 0 Å². The monoisotopic (exact) mass is 175 g/mol. The first-order valence-corrected chi connectivity index (χ1v) is 4.37. The number of rotatable bonds is 1. The Balaban J connectivity index is 2.22. The van der Waals surface area contributed by atoms with Gasteiger partial charge in [-0.1, -0.05) is 30.3 Å². The molecule has 1 heterocycles. The van der Waals surface area contributed by atoms with Crippen molar-refractivity contribution in [2.75, 3.05) is 13.6 Å². The summed E-state index contributed by atoms with van der Waals surface area (Å²) in [5.74, 6) is 0.633. The molecule has 1 aromatic carbocycles. The molecule has 3 nitrogen and oxygen atoms in total. The van der Waals surface area contributed by atoms with Gasteiger partial charge in [0.2, 0.25) is 0 Å². The van der Waals surface area contributed by atoms with E-state index in [0.29, 0.717) is 5.96 Å². The van der Waals surface area contributed by atoms with Gasteiger partial charge in [-0.25, -0.2) is 4.99 Å². The molecular weight excluding hydrogens is 162 g/mol. The van der Waals surface area contributed by atoms with Crippen LogP contribution in [0.15, 0.2) is 35.3 Å². The highest BCUT2D eigenvalue weighted by atomic mass is 15.3. The normalized spacial score (nSPS) is 21.8. The number of nitrogens with zero attached hydrogens (tertiary/aromatic N) is 2. The van der Waals surface area contributed by atoms with Gasteiger partial charge in [-0.2, -0.15) is 0 Å². The molecule has 0 fully saturated rings. The second-order valence-electron chi connectivity index (χ2n) is 3.29. The molecule has 3 heteroatoms. The number of benzene rings is 1. The fraction of sp³-hybridized carbons (Fsp3) is 0.300. The summed E-state index contributed by atoms with van der Waals surface area (Å²) >= 11 is 0. The van der Waals surface area contributed by atoms with Gasteiger partial charge in [-0.05, 0) is 5.56 Å². The van der Waals surface area contributed by atoms with Crippen LogP contribution in [0.2, 0.25) is 0 Å². The number of likely N-dealkylation sites (N-methyl/N-ethyl adjacent to an activating group) is 1. The second-order valence-corrected chi connectivity index (χ2v) is 3.29. The standard InChI is InChI=1S/C10H13N3/c1-13-7-9(12-10(13)11)8-5-3-2-4-6-8/h2-6,9H,7H2,1H3,(H2,11,12). The van der Waals surface area contributed by atoms with E-state index in [1.165, 1.54) is 5.56 Å². The Bertz CT molecular complexity index is 318. The van der Waals surface area contributed by atoms with Crippen LogP contribution in [0.1, 0.15) is 11.6 Å². The van der Waals surface area contributed by atoms with Crippen LogP contribution < -0.4 is 5.73 Å². The van der Waals surface area contributed by atoms with Crippen molar-refractivity contribution in [3.63, 3.8) is 0 Å². The van der Waals surface area contributed by atoms with Crippen LogP contribution >= 0.6 is 0 Å². The highest BCUT2D eigenvalue weighted by Crippen LogP contribution is 2.21. The van der Waals surface area contributed by atoms with Gasteiger partial charge in [-0.15, -0.1) is 0 Å². The minimum atomic E-state index is 0.214. The van der Waals surface area contributed by atoms with Gasteiger partial charge in [0.1, 0.15) is 0 Å². The highest BCUT2D eigenvalue weighted by molar-refractivity contribution is 5.79. The van der Waals surface area contributed by atoms with Crippen LogP contribution in [0.25, 0.3) is 0 Å². The van der Waals surface area contributed by atoms with Crippen LogP contribution in [0.4, 0.5) is 0 Å². The fourth-order valence-electron chi connectivity index (χ4n) is 1.51. The largest absolute Gasteiger partial charge is 0.370 e. The van der Waals surface area contributed by atoms with Gasteiger partial charge < -0.3 is 10.6 Å². The van der Waals surface area contributed by atoms with Crippen molar-refractivity contribution in [2.45, 2.75) is 6.04 Å². The summed E-state index contributed by atoms with van der Waals surface area (Å²) in [6.45, 7) is 0.885. The number of nitrogens with two attached hydrogens (primary N) is 1. The smallest absolute Gasteiger partial charge is 0.191 e. The Kier molecular flexibility index (Phi) is 1.93. The van der Waals surface area contributed by atoms with Crippen molar-refractivity contribution >= 4 is 5.96 Å². The molecule has 0 spiro atoms. The van der Waals surface area contributed by atoms with E-state index in [9.17, 15) is 0 Å². The van der Waals surface area contributed by atoms with E-state index in [1.807, 2.05) is 30.1 Å². The van der Waals surface area contributed by atoms with Gasteiger partial charge in [0.15, 0.2) is 5.96 Å². The lowest BCUT2D eigenvalue weighted by Gasteiger charge is -2.11. The highest BCUT2D eigenvalue weighted by Gasteiger charge is 2.20. The van der Waals surface area contributed by atoms with Gasteiger partial charge in [0.05, 0.1) is 6.04 Å². The zero-order valence-electron chi connectivity index (χ0n) is 7.64. The van der Waals surface area contributed by atoms with Crippen molar-refractivity contribution in [3.8, 4) is 0 Å². The third kappa shape index (κ3) is 1.49. The zero-order chi connectivity index (χ0) is 9.26. The van der Waals surface area contributed by atoms with E-state index >= 15 is 0 Å². The third-order valence-corrected chi connectivity index (χ3v) is 2.31. The maximum absolute atomic E-state index is 5.68. The summed E-state index contributed by atoms with van der Waals surface area (Å²) in [6, 6.07) is 10.4. The molecule has 2 N–H and O–H groups in total. The molecule has 0 saturated carbocycles. The van der Waals surface area contributed by atoms with Gasteiger partial charge in [0, 0.05) is 13.6 Å². The second kappa shape index (κ2) is 3.09. The van der Waals surface area contributed by atoms with Gasteiger partial charge >= 0.3 is 0 Å². The summed E-state index contributed by atoms with van der Waals surface area (Å²) < 4.78 is 0. The maximum Gasteiger partial charge on any atom is 0.191 e. The molecule has 0 saturated heterocycles. The lowest BCUT2D eigenvalue weighted by atomic mass is 10.1. The quantitative estimate of drug-likeness (QED) is 0.691. The van der Waals surface area contributed by atoms with Crippen molar-refractivity contribution in [1.82, 2.24) is 4.90 Å². The number of aliphatic imine (C=N–C) groups is 1. The summed E-state index contributed by atoms with van der Waals surface area (Å²) in [6.07, 6.45) is 0. The topological polar surface area (TPSA) is 41.6 Å². The zero-order valence-corrected chi connectivity index (χ0v) is 7.64. The molecule has 1 atom stereocenters. The molecule has 13 heavy (non-hydrogen) atoms. The summed E-state index contributed by atoms with van der Waals surface area (Å²) in [5, 5.41) is 0. The first kappa shape index (κ1) is 8.10. The lowest BCUT2D eigenvalue weighted by Crippen LogP contribution is -2.29. The molecule has 0 amide bonds. The Morgan fingerprint density at radius 1 is 1.38 bits per heavy atom. The Labute approximate surface area is 77.9 Å². The molecular formula is C10H13N3. The number of hydrogen-bond acceptors (Lipinski definition) is 3. The SMILES string of the molecule is CN1CC(c2ccccc2)N=C1N. The molecule has 1 aliphatic rings. The summed E-state index contributed by atoms with van der Waals surface area (Å²) in [7, 11) is 1.96. The van der Waals surface area contributed by atoms with E-state index in [4.69, 9.17) is 5.73 Å². The summed E-state index contributed by atoms with van der Waals surface area (Å²) in [4.78, 5) is 6.33. The van der Waals surface area contributed by atoms with E-state index in [2.05, 4.69) is 17.1 Å². The minimum Gasteiger partial charge on any atom is -0.370 e. The van der Waals surface area contributed by atoms with Crippen LogP contribution in [-0.4, -0.2) is 24.5 Å². The Morgan fingerprint density at radius 2 is 2.08 bits per heavy atom.